The number of anilines is 1. The molecular formula is C20H23ClN2O2S. The molecule has 2 rings (SSSR count). The van der Waals surface area contributed by atoms with Crippen molar-refractivity contribution in [2.75, 3.05) is 11.9 Å². The molecule has 26 heavy (non-hydrogen) atoms. The summed E-state index contributed by atoms with van der Waals surface area (Å²) in [6.07, 6.45) is 0. The monoisotopic (exact) mass is 390 g/mol. The van der Waals surface area contributed by atoms with Gasteiger partial charge in [0.15, 0.2) is 0 Å². The minimum Gasteiger partial charge on any atom is -0.346 e. The van der Waals surface area contributed by atoms with E-state index in [-0.39, 0.29) is 23.6 Å². The van der Waals surface area contributed by atoms with Gasteiger partial charge in [-0.15, -0.1) is 11.8 Å². The molecule has 0 saturated carbocycles. The molecule has 0 aliphatic carbocycles. The van der Waals surface area contributed by atoms with E-state index in [1.165, 1.54) is 11.8 Å². The predicted molar refractivity (Wildman–Crippen MR) is 110 cm³/mol. The Morgan fingerprint density at radius 3 is 2.31 bits per heavy atom. The Morgan fingerprint density at radius 1 is 1.08 bits per heavy atom. The molecule has 2 aromatic carbocycles. The largest absolute Gasteiger partial charge is 0.346 e. The van der Waals surface area contributed by atoms with Gasteiger partial charge in [-0.1, -0.05) is 41.9 Å². The quantitative estimate of drug-likeness (QED) is 0.739. The van der Waals surface area contributed by atoms with E-state index in [1.54, 1.807) is 0 Å². The van der Waals surface area contributed by atoms with Crippen molar-refractivity contribution in [3.8, 4) is 0 Å². The average molecular weight is 391 g/mol. The molecule has 2 aromatic rings. The molecule has 138 valence electrons. The molecule has 0 aliphatic heterocycles. The van der Waals surface area contributed by atoms with Crippen molar-refractivity contribution < 1.29 is 9.59 Å². The first-order valence-electron chi connectivity index (χ1n) is 8.36. The summed E-state index contributed by atoms with van der Waals surface area (Å²) in [4.78, 5) is 24.3. The molecule has 0 bridgehead atoms. The third kappa shape index (κ3) is 6.07. The molecule has 0 spiro atoms. The van der Waals surface area contributed by atoms with Crippen molar-refractivity contribution in [3.05, 3.63) is 64.2 Å². The van der Waals surface area contributed by atoms with E-state index >= 15 is 0 Å². The Labute approximate surface area is 163 Å². The Kier molecular flexibility index (Phi) is 7.54. The minimum atomic E-state index is -0.251. The van der Waals surface area contributed by atoms with Crippen LogP contribution in [0.3, 0.4) is 0 Å². The number of halogens is 1. The van der Waals surface area contributed by atoms with Gasteiger partial charge in [0.2, 0.25) is 11.8 Å². The number of rotatable bonds is 7. The van der Waals surface area contributed by atoms with Crippen molar-refractivity contribution in [2.45, 2.75) is 31.8 Å². The van der Waals surface area contributed by atoms with Gasteiger partial charge in [0.1, 0.15) is 0 Å². The SMILES string of the molecule is Cc1cccc(C)c1NC(=O)CNC(=O)[C@@H](C)SCc1ccc(Cl)cc1. The van der Waals surface area contributed by atoms with Crippen LogP contribution >= 0.6 is 23.4 Å². The number of benzene rings is 2. The third-order valence-corrected chi connectivity index (χ3v) is 5.42. The van der Waals surface area contributed by atoms with Crippen LogP contribution in [0.25, 0.3) is 0 Å². The number of hydrogen-bond acceptors (Lipinski definition) is 3. The summed E-state index contributed by atoms with van der Waals surface area (Å²) in [6.45, 7) is 5.67. The predicted octanol–water partition coefficient (Wildman–Crippen LogP) is 4.33. The number of aryl methyl sites for hydroxylation is 2. The van der Waals surface area contributed by atoms with Gasteiger partial charge in [-0.2, -0.15) is 0 Å². The first-order chi connectivity index (χ1) is 12.4. The lowest BCUT2D eigenvalue weighted by Crippen LogP contribution is -2.37. The molecule has 0 fully saturated rings. The van der Waals surface area contributed by atoms with E-state index in [0.717, 1.165) is 22.4 Å². The maximum atomic E-state index is 12.2. The molecule has 2 amide bonds. The summed E-state index contributed by atoms with van der Waals surface area (Å²) in [7, 11) is 0. The van der Waals surface area contributed by atoms with Crippen LogP contribution in [-0.2, 0) is 15.3 Å². The van der Waals surface area contributed by atoms with E-state index in [9.17, 15) is 9.59 Å². The van der Waals surface area contributed by atoms with Crippen molar-refractivity contribution >= 4 is 40.9 Å². The van der Waals surface area contributed by atoms with Crippen LogP contribution in [0.1, 0.15) is 23.6 Å². The summed E-state index contributed by atoms with van der Waals surface area (Å²) in [5.74, 6) is 0.326. The molecule has 0 saturated heterocycles. The molecule has 1 atom stereocenters. The first-order valence-corrected chi connectivity index (χ1v) is 9.79. The maximum absolute atomic E-state index is 12.2. The molecular weight excluding hydrogens is 368 g/mol. The highest BCUT2D eigenvalue weighted by atomic mass is 35.5. The smallest absolute Gasteiger partial charge is 0.243 e. The van der Waals surface area contributed by atoms with Crippen LogP contribution in [0.2, 0.25) is 5.02 Å². The second kappa shape index (κ2) is 9.64. The van der Waals surface area contributed by atoms with Gasteiger partial charge in [-0.3, -0.25) is 9.59 Å². The van der Waals surface area contributed by atoms with Crippen LogP contribution in [-0.4, -0.2) is 23.6 Å². The molecule has 0 radical (unpaired) electrons. The number of hydrogen-bond donors (Lipinski definition) is 2. The van der Waals surface area contributed by atoms with Crippen LogP contribution in [0, 0.1) is 13.8 Å². The van der Waals surface area contributed by atoms with Crippen molar-refractivity contribution in [3.63, 3.8) is 0 Å². The van der Waals surface area contributed by atoms with E-state index in [4.69, 9.17) is 11.6 Å². The highest BCUT2D eigenvalue weighted by Gasteiger charge is 2.15. The second-order valence-electron chi connectivity index (χ2n) is 6.11. The number of para-hydroxylation sites is 1. The summed E-state index contributed by atoms with van der Waals surface area (Å²) in [5.41, 5.74) is 3.90. The molecule has 0 aliphatic rings. The molecule has 4 nitrogen and oxygen atoms in total. The lowest BCUT2D eigenvalue weighted by atomic mass is 10.1. The van der Waals surface area contributed by atoms with Gasteiger partial charge >= 0.3 is 0 Å². The highest BCUT2D eigenvalue weighted by Crippen LogP contribution is 2.20. The zero-order chi connectivity index (χ0) is 19.1. The zero-order valence-electron chi connectivity index (χ0n) is 15.1. The van der Waals surface area contributed by atoms with Gasteiger partial charge in [0, 0.05) is 16.5 Å². The summed E-state index contributed by atoms with van der Waals surface area (Å²) >= 11 is 7.38. The van der Waals surface area contributed by atoms with Crippen molar-refractivity contribution in [1.29, 1.82) is 0 Å². The number of thioether (sulfide) groups is 1. The van der Waals surface area contributed by atoms with Crippen molar-refractivity contribution in [1.82, 2.24) is 5.32 Å². The van der Waals surface area contributed by atoms with Gasteiger partial charge in [-0.25, -0.2) is 0 Å². The fourth-order valence-corrected chi connectivity index (χ4v) is 3.38. The summed E-state index contributed by atoms with van der Waals surface area (Å²) in [6, 6.07) is 13.4. The summed E-state index contributed by atoms with van der Waals surface area (Å²) in [5, 5.41) is 6.00. The minimum absolute atomic E-state index is 0.0432. The van der Waals surface area contributed by atoms with E-state index in [2.05, 4.69) is 10.6 Å². The van der Waals surface area contributed by atoms with Crippen LogP contribution in [0.15, 0.2) is 42.5 Å². The standard InChI is InChI=1S/C20H23ClN2O2S/c1-13-5-4-6-14(2)19(13)23-18(24)11-22-20(25)15(3)26-12-16-7-9-17(21)10-8-16/h4-10,15H,11-12H2,1-3H3,(H,22,25)(H,23,24)/t15-/m1/s1. The van der Waals surface area contributed by atoms with Gasteiger partial charge in [0.25, 0.3) is 0 Å². The lowest BCUT2D eigenvalue weighted by Gasteiger charge is -2.14. The maximum Gasteiger partial charge on any atom is 0.243 e. The summed E-state index contributed by atoms with van der Waals surface area (Å²) < 4.78 is 0. The second-order valence-corrected chi connectivity index (χ2v) is 7.88. The van der Waals surface area contributed by atoms with E-state index in [1.807, 2.05) is 63.2 Å². The average Bonchev–Trinajstić information content (AvgIpc) is 2.62. The van der Waals surface area contributed by atoms with Gasteiger partial charge in [-0.05, 0) is 49.6 Å². The van der Waals surface area contributed by atoms with Crippen LogP contribution in [0.4, 0.5) is 5.69 Å². The fraction of sp³-hybridized carbons (Fsp3) is 0.300. The normalized spacial score (nSPS) is 11.7. The molecule has 0 unspecified atom stereocenters. The zero-order valence-corrected chi connectivity index (χ0v) is 16.7. The van der Waals surface area contributed by atoms with Crippen LogP contribution < -0.4 is 10.6 Å². The Morgan fingerprint density at radius 2 is 1.69 bits per heavy atom. The lowest BCUT2D eigenvalue weighted by molar-refractivity contribution is -0.123. The third-order valence-electron chi connectivity index (χ3n) is 3.95. The molecule has 0 aromatic heterocycles. The van der Waals surface area contributed by atoms with Gasteiger partial charge < -0.3 is 10.6 Å². The fourth-order valence-electron chi connectivity index (χ4n) is 2.38. The van der Waals surface area contributed by atoms with Gasteiger partial charge in [0.05, 0.1) is 11.8 Å². The number of amides is 2. The number of nitrogens with one attached hydrogen (secondary N) is 2. The van der Waals surface area contributed by atoms with E-state index in [0.29, 0.717) is 10.8 Å². The molecule has 0 heterocycles. The Hall–Kier alpha value is -1.98. The Balaban J connectivity index is 1.78. The van der Waals surface area contributed by atoms with E-state index < -0.39 is 0 Å². The number of carbonyl (C=O) groups excluding carboxylic acids is 2. The topological polar surface area (TPSA) is 58.2 Å². The van der Waals surface area contributed by atoms with Crippen molar-refractivity contribution in [2.24, 2.45) is 0 Å². The number of carbonyl (C=O) groups is 2. The highest BCUT2D eigenvalue weighted by molar-refractivity contribution is 7.99. The van der Waals surface area contributed by atoms with Crippen LogP contribution in [0.5, 0.6) is 0 Å². The Bertz CT molecular complexity index is 758. The molecule has 2 N–H and O–H groups in total. The molecule has 6 heteroatoms. The first kappa shape index (κ1) is 20.3.